The van der Waals surface area contributed by atoms with Crippen LogP contribution in [0, 0.1) is 0 Å². The second-order valence-corrected chi connectivity index (χ2v) is 3.02. The first-order valence-corrected chi connectivity index (χ1v) is 4.74. The molecule has 11 heteroatoms. The Bertz CT molecular complexity index is 471. The molecule has 0 radical (unpaired) electrons. The summed E-state index contributed by atoms with van der Waals surface area (Å²) < 4.78 is 0. The molecular weight excluding hydrogens is 274 g/mol. The number of hydrogen-bond acceptors (Lipinski definition) is 11. The van der Waals surface area contributed by atoms with Crippen molar-refractivity contribution in [3.05, 3.63) is 36.4 Å². The zero-order valence-corrected chi connectivity index (χ0v) is 10.2. The first-order chi connectivity index (χ1) is 9.25. The van der Waals surface area contributed by atoms with Gasteiger partial charge >= 0.3 is 17.9 Å². The fraction of sp³-hybridized carbons (Fsp3) is 0. The van der Waals surface area contributed by atoms with Crippen molar-refractivity contribution < 1.29 is 28.9 Å². The van der Waals surface area contributed by atoms with Gasteiger partial charge in [-0.15, -0.1) is 0 Å². The number of hydroxylamine groups is 1. The van der Waals surface area contributed by atoms with E-state index in [9.17, 15) is 14.4 Å². The molecule has 0 amide bonds. The van der Waals surface area contributed by atoms with Crippen LogP contribution in [0.25, 0.3) is 0 Å². The first kappa shape index (κ1) is 16.8. The second kappa shape index (κ2) is 7.99. The third kappa shape index (κ3) is 6.51. The van der Waals surface area contributed by atoms with Crippen LogP contribution < -0.4 is 28.3 Å². The molecule has 0 unspecified atom stereocenters. The Labute approximate surface area is 112 Å². The van der Waals surface area contributed by atoms with Crippen LogP contribution in [0.2, 0.25) is 0 Å². The number of carbonyl (C=O) groups excluding carboxylic acids is 3. The molecule has 0 aromatic carbocycles. The number of hydrogen-bond donors (Lipinski definition) is 5. The van der Waals surface area contributed by atoms with Crippen molar-refractivity contribution in [1.82, 2.24) is 11.1 Å². The summed E-state index contributed by atoms with van der Waals surface area (Å²) in [4.78, 5) is 45.3. The van der Waals surface area contributed by atoms with Crippen LogP contribution in [0.4, 0.5) is 0 Å². The maximum absolute atomic E-state index is 11.2. The quantitative estimate of drug-likeness (QED) is 0.242. The molecule has 0 heterocycles. The summed E-state index contributed by atoms with van der Waals surface area (Å²) in [6.07, 6.45) is 0.786. The van der Waals surface area contributed by atoms with Gasteiger partial charge in [-0.25, -0.2) is 19.9 Å². The highest BCUT2D eigenvalue weighted by atomic mass is 16.9. The summed E-state index contributed by atoms with van der Waals surface area (Å²) in [6, 6.07) is 0. The normalized spacial score (nSPS) is 10.1. The van der Waals surface area contributed by atoms with Crippen molar-refractivity contribution in [2.75, 3.05) is 0 Å². The fourth-order valence-corrected chi connectivity index (χ4v) is 0.492. The van der Waals surface area contributed by atoms with Crippen LogP contribution >= 0.6 is 0 Å². The maximum atomic E-state index is 11.2. The molecule has 0 aliphatic rings. The predicted octanol–water partition coefficient (Wildman–Crippen LogP) is -2.71. The monoisotopic (exact) mass is 287 g/mol. The van der Waals surface area contributed by atoms with Crippen LogP contribution in [-0.4, -0.2) is 17.9 Å². The highest BCUT2D eigenvalue weighted by Crippen LogP contribution is 1.89. The van der Waals surface area contributed by atoms with E-state index in [1.807, 2.05) is 5.48 Å². The Balaban J connectivity index is 4.08. The SMILES string of the molecule is C=C(N)C(=O)ON/C=C(\N)C(=O)ONOC(=O)C(=C)N. The largest absolute Gasteiger partial charge is 0.393 e. The van der Waals surface area contributed by atoms with Crippen molar-refractivity contribution in [3.63, 3.8) is 0 Å². The second-order valence-electron chi connectivity index (χ2n) is 3.02. The molecule has 0 aromatic rings. The molecule has 0 rings (SSSR count). The van der Waals surface area contributed by atoms with E-state index >= 15 is 0 Å². The molecule has 0 bridgehead atoms. The molecule has 0 spiro atoms. The summed E-state index contributed by atoms with van der Waals surface area (Å²) in [6.45, 7) is 6.17. The number of carbonyl (C=O) groups is 3. The standard InChI is InChI=1S/C9H13N5O6/c1-4(10)7(15)18-13-3-6(12)9(17)20-14-19-8(16)5(2)11/h3,13-14H,1-2,10-12H2/b6-3-. The van der Waals surface area contributed by atoms with Gasteiger partial charge in [-0.2, -0.15) is 0 Å². The topological polar surface area (TPSA) is 181 Å². The molecule has 0 aliphatic heterocycles. The van der Waals surface area contributed by atoms with Crippen molar-refractivity contribution in [3.8, 4) is 0 Å². The van der Waals surface area contributed by atoms with Gasteiger partial charge in [-0.3, -0.25) is 0 Å². The van der Waals surface area contributed by atoms with Crippen LogP contribution in [0.15, 0.2) is 36.4 Å². The Hall–Kier alpha value is -3.21. The summed E-state index contributed by atoms with van der Waals surface area (Å²) in [5.41, 5.74) is 17.3. The minimum atomic E-state index is -1.14. The van der Waals surface area contributed by atoms with Crippen LogP contribution in [0.1, 0.15) is 0 Å². The predicted molar refractivity (Wildman–Crippen MR) is 63.5 cm³/mol. The lowest BCUT2D eigenvalue weighted by Gasteiger charge is -2.06. The van der Waals surface area contributed by atoms with Crippen LogP contribution in [0.3, 0.4) is 0 Å². The summed E-state index contributed by atoms with van der Waals surface area (Å²) in [5, 5.41) is 0. The van der Waals surface area contributed by atoms with Gasteiger partial charge in [0.2, 0.25) is 0 Å². The molecule has 20 heavy (non-hydrogen) atoms. The molecule has 0 atom stereocenters. The van der Waals surface area contributed by atoms with E-state index in [4.69, 9.17) is 17.2 Å². The van der Waals surface area contributed by atoms with Gasteiger partial charge in [0.15, 0.2) is 0 Å². The zero-order chi connectivity index (χ0) is 15.7. The van der Waals surface area contributed by atoms with Crippen molar-refractivity contribution in [2.45, 2.75) is 0 Å². The van der Waals surface area contributed by atoms with Gasteiger partial charge in [0.25, 0.3) is 0 Å². The molecule has 0 saturated heterocycles. The Morgan fingerprint density at radius 3 is 1.80 bits per heavy atom. The minimum absolute atomic E-state index is 0.359. The smallest absolute Gasteiger partial charge is 0.377 e. The van der Waals surface area contributed by atoms with Crippen molar-refractivity contribution >= 4 is 17.9 Å². The third-order valence-corrected chi connectivity index (χ3v) is 1.39. The van der Waals surface area contributed by atoms with E-state index in [2.05, 4.69) is 27.7 Å². The molecule has 0 aliphatic carbocycles. The van der Waals surface area contributed by atoms with Crippen LogP contribution in [0.5, 0.6) is 0 Å². The minimum Gasteiger partial charge on any atom is -0.393 e. The molecule has 0 fully saturated rings. The lowest BCUT2D eigenvalue weighted by atomic mass is 10.5. The first-order valence-electron chi connectivity index (χ1n) is 4.74. The van der Waals surface area contributed by atoms with Crippen molar-refractivity contribution in [1.29, 1.82) is 0 Å². The van der Waals surface area contributed by atoms with Crippen LogP contribution in [-0.2, 0) is 28.9 Å². The number of rotatable bonds is 7. The summed E-state index contributed by atoms with van der Waals surface area (Å²) in [7, 11) is 0. The number of nitrogens with two attached hydrogens (primary N) is 3. The van der Waals surface area contributed by atoms with E-state index in [1.54, 1.807) is 0 Å². The van der Waals surface area contributed by atoms with Gasteiger partial charge in [-0.1, -0.05) is 13.2 Å². The maximum Gasteiger partial charge on any atom is 0.377 e. The fourth-order valence-electron chi connectivity index (χ4n) is 0.492. The van der Waals surface area contributed by atoms with E-state index < -0.39 is 29.3 Å². The Kier molecular flexibility index (Phi) is 6.71. The zero-order valence-electron chi connectivity index (χ0n) is 10.2. The molecule has 0 saturated carbocycles. The van der Waals surface area contributed by atoms with Gasteiger partial charge in [0.05, 0.1) is 6.20 Å². The molecule has 0 aromatic heterocycles. The van der Waals surface area contributed by atoms with Gasteiger partial charge in [-0.05, 0) is 0 Å². The molecule has 110 valence electrons. The van der Waals surface area contributed by atoms with Gasteiger partial charge in [0, 0.05) is 5.64 Å². The van der Waals surface area contributed by atoms with E-state index in [1.165, 1.54) is 5.64 Å². The molecular formula is C9H13N5O6. The van der Waals surface area contributed by atoms with Crippen molar-refractivity contribution in [2.24, 2.45) is 17.2 Å². The molecule has 8 N–H and O–H groups in total. The van der Waals surface area contributed by atoms with E-state index in [0.29, 0.717) is 0 Å². The lowest BCUT2D eigenvalue weighted by Crippen LogP contribution is -2.29. The van der Waals surface area contributed by atoms with E-state index in [-0.39, 0.29) is 5.70 Å². The average molecular weight is 287 g/mol. The third-order valence-electron chi connectivity index (χ3n) is 1.39. The summed E-state index contributed by atoms with van der Waals surface area (Å²) in [5.74, 6) is -3.15. The highest BCUT2D eigenvalue weighted by Gasteiger charge is 2.10. The summed E-state index contributed by atoms with van der Waals surface area (Å²) >= 11 is 0. The van der Waals surface area contributed by atoms with Gasteiger partial charge in [0.1, 0.15) is 17.1 Å². The Morgan fingerprint density at radius 2 is 1.30 bits per heavy atom. The highest BCUT2D eigenvalue weighted by molar-refractivity contribution is 5.88. The van der Waals surface area contributed by atoms with Gasteiger partial charge < -0.3 is 31.7 Å². The average Bonchev–Trinajstić information content (AvgIpc) is 2.37. The Morgan fingerprint density at radius 1 is 0.850 bits per heavy atom. The number of nitrogens with one attached hydrogen (secondary N) is 2. The molecule has 11 nitrogen and oxygen atoms in total. The lowest BCUT2D eigenvalue weighted by molar-refractivity contribution is -0.192. The van der Waals surface area contributed by atoms with E-state index in [0.717, 1.165) is 6.20 Å².